The summed E-state index contributed by atoms with van der Waals surface area (Å²) < 4.78 is 24.2. The second kappa shape index (κ2) is 11.3. The Hall–Kier alpha value is -4.84. The van der Waals surface area contributed by atoms with Gasteiger partial charge in [0.15, 0.2) is 5.82 Å². The molecule has 1 aliphatic heterocycles. The summed E-state index contributed by atoms with van der Waals surface area (Å²) >= 11 is 0. The molecule has 0 bridgehead atoms. The van der Waals surface area contributed by atoms with Crippen LogP contribution >= 0.6 is 0 Å². The number of halogens is 1. The Morgan fingerprint density at radius 1 is 1.11 bits per heavy atom. The van der Waals surface area contributed by atoms with Gasteiger partial charge in [0.05, 0.1) is 30.6 Å². The first-order valence-electron chi connectivity index (χ1n) is 15.2. The summed E-state index contributed by atoms with van der Waals surface area (Å²) in [5.41, 5.74) is 11.4. The van der Waals surface area contributed by atoms with Crippen LogP contribution in [0.15, 0.2) is 48.7 Å². The first-order chi connectivity index (χ1) is 21.7. The molecule has 4 aromatic heterocycles. The maximum atomic E-state index is 14.3. The van der Waals surface area contributed by atoms with Gasteiger partial charge in [-0.1, -0.05) is 0 Å². The summed E-state index contributed by atoms with van der Waals surface area (Å²) in [4.78, 5) is 41.3. The maximum absolute atomic E-state index is 14.3. The zero-order chi connectivity index (χ0) is 31.4. The molecule has 2 atom stereocenters. The van der Waals surface area contributed by atoms with Gasteiger partial charge in [0, 0.05) is 55.9 Å². The lowest BCUT2D eigenvalue weighted by Gasteiger charge is -2.33. The highest BCUT2D eigenvalue weighted by atomic mass is 19.1. The Balaban J connectivity index is 1.31. The molecule has 5 heterocycles. The summed E-state index contributed by atoms with van der Waals surface area (Å²) in [5, 5.41) is 3.56. The number of piperidine rings is 1. The van der Waals surface area contributed by atoms with Crippen molar-refractivity contribution in [3.8, 4) is 28.5 Å². The number of methoxy groups -OCH3 is 1. The number of pyridine rings is 2. The van der Waals surface area contributed by atoms with E-state index in [1.54, 1.807) is 38.6 Å². The minimum Gasteiger partial charge on any atom is -0.494 e. The van der Waals surface area contributed by atoms with Crippen LogP contribution in [0.5, 0.6) is 5.75 Å². The lowest BCUT2D eigenvalue weighted by Crippen LogP contribution is -2.50. The molecule has 1 saturated carbocycles. The SMILES string of the molecule is CNC(=O)c1ccc(-c2ccc3cc(-c4nc5cc(C(=O)N6C[C@H](N)C[C@@H](F)C6)cc(OC)c5n4C)n(CC4CC4)c3n2)cn1. The van der Waals surface area contributed by atoms with Crippen molar-refractivity contribution in [1.82, 2.24) is 34.3 Å². The summed E-state index contributed by atoms with van der Waals surface area (Å²) in [5.74, 6) is 1.24. The van der Waals surface area contributed by atoms with Gasteiger partial charge in [-0.15, -0.1) is 0 Å². The number of alkyl halides is 1. The Morgan fingerprint density at radius 3 is 2.62 bits per heavy atom. The molecule has 11 nitrogen and oxygen atoms in total. The summed E-state index contributed by atoms with van der Waals surface area (Å²) in [6, 6.07) is 12.7. The number of nitrogens with two attached hydrogens (primary N) is 1. The predicted molar refractivity (Wildman–Crippen MR) is 169 cm³/mol. The van der Waals surface area contributed by atoms with E-state index in [0.29, 0.717) is 40.8 Å². The molecule has 232 valence electrons. The van der Waals surface area contributed by atoms with Gasteiger partial charge in [-0.3, -0.25) is 14.6 Å². The number of carbonyl (C=O) groups is 2. The summed E-state index contributed by atoms with van der Waals surface area (Å²) in [7, 11) is 5.07. The largest absolute Gasteiger partial charge is 0.494 e. The molecule has 45 heavy (non-hydrogen) atoms. The maximum Gasteiger partial charge on any atom is 0.269 e. The number of fused-ring (bicyclic) bond motifs is 2. The van der Waals surface area contributed by atoms with E-state index in [2.05, 4.69) is 20.9 Å². The van der Waals surface area contributed by atoms with Crippen molar-refractivity contribution in [2.24, 2.45) is 18.7 Å². The summed E-state index contributed by atoms with van der Waals surface area (Å²) in [6.07, 6.45) is 3.08. The Morgan fingerprint density at radius 2 is 1.93 bits per heavy atom. The number of hydrogen-bond donors (Lipinski definition) is 2. The van der Waals surface area contributed by atoms with Crippen LogP contribution in [0.25, 0.3) is 44.8 Å². The second-order valence-electron chi connectivity index (χ2n) is 12.0. The van der Waals surface area contributed by atoms with Crippen molar-refractivity contribution in [2.45, 2.75) is 38.0 Å². The number of nitrogens with one attached hydrogen (secondary N) is 1. The Labute approximate surface area is 259 Å². The molecule has 12 heteroatoms. The van der Waals surface area contributed by atoms with Gasteiger partial charge in [-0.25, -0.2) is 14.4 Å². The van der Waals surface area contributed by atoms with E-state index in [1.807, 2.05) is 29.8 Å². The zero-order valence-corrected chi connectivity index (χ0v) is 25.5. The van der Waals surface area contributed by atoms with Crippen LogP contribution < -0.4 is 15.8 Å². The molecular formula is C33H35FN8O3. The zero-order valence-electron chi connectivity index (χ0n) is 25.5. The Kier molecular flexibility index (Phi) is 7.23. The third kappa shape index (κ3) is 5.28. The average Bonchev–Trinajstić information content (AvgIpc) is 3.72. The van der Waals surface area contributed by atoms with Gasteiger partial charge in [0.25, 0.3) is 11.8 Å². The van der Waals surface area contributed by atoms with Gasteiger partial charge in [-0.05, 0) is 67.6 Å². The quantitative estimate of drug-likeness (QED) is 0.285. The normalized spacial score (nSPS) is 18.5. The van der Waals surface area contributed by atoms with Gasteiger partial charge in [-0.2, -0.15) is 0 Å². The van der Waals surface area contributed by atoms with E-state index < -0.39 is 12.2 Å². The molecule has 0 unspecified atom stereocenters. The first-order valence-corrected chi connectivity index (χ1v) is 15.2. The van der Waals surface area contributed by atoms with E-state index >= 15 is 0 Å². The molecule has 5 aromatic rings. The van der Waals surface area contributed by atoms with E-state index in [0.717, 1.165) is 52.9 Å². The number of ether oxygens (including phenoxy) is 1. The van der Waals surface area contributed by atoms with Gasteiger partial charge >= 0.3 is 0 Å². The molecule has 1 aliphatic carbocycles. The van der Waals surface area contributed by atoms with Crippen LogP contribution in [-0.4, -0.2) is 80.3 Å². The second-order valence-corrected chi connectivity index (χ2v) is 12.0. The third-order valence-corrected chi connectivity index (χ3v) is 8.75. The van der Waals surface area contributed by atoms with Gasteiger partial charge in [0.1, 0.15) is 28.8 Å². The summed E-state index contributed by atoms with van der Waals surface area (Å²) in [6.45, 7) is 1.12. The van der Waals surface area contributed by atoms with Crippen LogP contribution in [0, 0.1) is 5.92 Å². The highest BCUT2D eigenvalue weighted by molar-refractivity contribution is 6.00. The lowest BCUT2D eigenvalue weighted by molar-refractivity contribution is 0.0606. The molecular weight excluding hydrogens is 575 g/mol. The topological polar surface area (TPSA) is 133 Å². The van der Waals surface area contributed by atoms with Crippen LogP contribution in [-0.2, 0) is 13.6 Å². The van der Waals surface area contributed by atoms with E-state index in [9.17, 15) is 14.0 Å². The van der Waals surface area contributed by atoms with Crippen LogP contribution in [0.2, 0.25) is 0 Å². The minimum absolute atomic E-state index is 0.0187. The number of nitrogens with zero attached hydrogens (tertiary/aromatic N) is 6. The van der Waals surface area contributed by atoms with Crippen LogP contribution in [0.4, 0.5) is 4.39 Å². The van der Waals surface area contributed by atoms with Crippen LogP contribution in [0.3, 0.4) is 0 Å². The fourth-order valence-corrected chi connectivity index (χ4v) is 6.27. The third-order valence-electron chi connectivity index (χ3n) is 8.75. The number of hydrogen-bond acceptors (Lipinski definition) is 7. The lowest BCUT2D eigenvalue weighted by atomic mass is 10.0. The fourth-order valence-electron chi connectivity index (χ4n) is 6.27. The molecule has 1 saturated heterocycles. The van der Waals surface area contributed by atoms with Crippen molar-refractivity contribution < 1.29 is 18.7 Å². The standard InChI is InChI=1S/C33H35FN8O3/c1-36-32(43)25-9-7-20(14-37-25)24-8-6-19-11-27(42(30(19)38-24)15-18-4-5-18)31-39-26-10-21(12-28(45-3)29(26)40(31)2)33(44)41-16-22(34)13-23(35)17-41/h6-12,14,18,22-23H,4-5,13,15-17,35H2,1-3H3,(H,36,43)/t22-,23-/m1/s1. The Bertz CT molecular complexity index is 1940. The average molecular weight is 611 g/mol. The smallest absolute Gasteiger partial charge is 0.269 e. The number of carbonyl (C=O) groups excluding carboxylic acids is 2. The number of imidazole rings is 1. The highest BCUT2D eigenvalue weighted by Crippen LogP contribution is 2.38. The van der Waals surface area contributed by atoms with Gasteiger partial charge in [0.2, 0.25) is 0 Å². The number of amides is 2. The van der Waals surface area contributed by atoms with Crippen LogP contribution in [0.1, 0.15) is 40.1 Å². The van der Waals surface area contributed by atoms with E-state index in [-0.39, 0.29) is 24.8 Å². The molecule has 7 rings (SSSR count). The number of aryl methyl sites for hydroxylation is 1. The van der Waals surface area contributed by atoms with Crippen molar-refractivity contribution in [1.29, 1.82) is 0 Å². The molecule has 2 fully saturated rings. The van der Waals surface area contributed by atoms with Gasteiger partial charge < -0.3 is 29.8 Å². The number of benzene rings is 1. The predicted octanol–water partition coefficient (Wildman–Crippen LogP) is 3.94. The van der Waals surface area contributed by atoms with Crippen molar-refractivity contribution in [3.63, 3.8) is 0 Å². The first kappa shape index (κ1) is 28.9. The molecule has 1 aromatic carbocycles. The molecule has 2 aliphatic rings. The highest BCUT2D eigenvalue weighted by Gasteiger charge is 2.30. The van der Waals surface area contributed by atoms with E-state index in [4.69, 9.17) is 20.4 Å². The van der Waals surface area contributed by atoms with E-state index in [1.165, 1.54) is 4.90 Å². The number of likely N-dealkylation sites (tertiary alicyclic amines) is 1. The van der Waals surface area contributed by atoms with Crippen molar-refractivity contribution in [3.05, 3.63) is 59.9 Å². The number of aromatic nitrogens is 5. The number of rotatable bonds is 7. The molecule has 2 amide bonds. The molecule has 0 spiro atoms. The molecule has 0 radical (unpaired) electrons. The monoisotopic (exact) mass is 610 g/mol. The van der Waals surface area contributed by atoms with Crippen molar-refractivity contribution in [2.75, 3.05) is 27.2 Å². The molecule has 3 N–H and O–H groups in total. The van der Waals surface area contributed by atoms with Crippen molar-refractivity contribution >= 4 is 33.9 Å². The minimum atomic E-state index is -1.15. The fraction of sp³-hybridized carbons (Fsp3) is 0.364.